The highest BCUT2D eigenvalue weighted by Gasteiger charge is 2.24. The van der Waals surface area contributed by atoms with Crippen molar-refractivity contribution in [3.05, 3.63) is 41.7 Å². The molecular weight excluding hydrogens is 340 g/mol. The molecule has 0 spiro atoms. The van der Waals surface area contributed by atoms with E-state index in [1.807, 2.05) is 38.1 Å². The molecule has 1 amide bonds. The van der Waals surface area contributed by atoms with E-state index in [-0.39, 0.29) is 5.91 Å². The Hall–Kier alpha value is -2.63. The minimum absolute atomic E-state index is 0.226. The predicted molar refractivity (Wildman–Crippen MR) is 108 cm³/mol. The van der Waals surface area contributed by atoms with E-state index in [4.69, 9.17) is 4.74 Å². The molecule has 1 aromatic heterocycles. The molecule has 1 aromatic carbocycles. The van der Waals surface area contributed by atoms with E-state index in [2.05, 4.69) is 27.1 Å². The van der Waals surface area contributed by atoms with Gasteiger partial charge < -0.3 is 15.0 Å². The lowest BCUT2D eigenvalue weighted by Crippen LogP contribution is -2.40. The van der Waals surface area contributed by atoms with Crippen LogP contribution in [0.25, 0.3) is 0 Å². The fourth-order valence-corrected chi connectivity index (χ4v) is 3.48. The van der Waals surface area contributed by atoms with Crippen molar-refractivity contribution >= 4 is 17.5 Å². The Labute approximate surface area is 161 Å². The average molecular weight is 368 g/mol. The molecule has 1 fully saturated rings. The number of carbonyl (C=O) groups is 1. The maximum atomic E-state index is 12.7. The van der Waals surface area contributed by atoms with E-state index in [1.54, 1.807) is 6.07 Å². The topological polar surface area (TPSA) is 67.3 Å². The van der Waals surface area contributed by atoms with E-state index in [0.717, 1.165) is 37.3 Å². The fourth-order valence-electron chi connectivity index (χ4n) is 3.48. The van der Waals surface area contributed by atoms with Crippen molar-refractivity contribution in [3.8, 4) is 5.75 Å². The first-order valence-electron chi connectivity index (χ1n) is 9.77. The highest BCUT2D eigenvalue weighted by atomic mass is 16.5. The number of aryl methyl sites for hydroxylation is 1. The number of carbonyl (C=O) groups excluding carboxylic acids is 1. The third-order valence-electron chi connectivity index (χ3n) is 4.85. The molecule has 0 saturated carbocycles. The summed E-state index contributed by atoms with van der Waals surface area (Å²) in [4.78, 5) is 24.1. The summed E-state index contributed by atoms with van der Waals surface area (Å²) in [5.41, 5.74) is 1.91. The zero-order valence-electron chi connectivity index (χ0n) is 16.4. The standard InChI is InChI=1S/C21H28N4O2/c1-4-17-8-6-7-13-25(17)21-22-15(3)14-19(24-21)20(26)23-16-9-11-18(12-10-16)27-5-2/h9-12,14,17H,4-8,13H2,1-3H3,(H,23,26). The summed E-state index contributed by atoms with van der Waals surface area (Å²) in [5.74, 6) is 1.22. The summed E-state index contributed by atoms with van der Waals surface area (Å²) in [6.45, 7) is 7.60. The van der Waals surface area contributed by atoms with Gasteiger partial charge in [-0.15, -0.1) is 0 Å². The Kier molecular flexibility index (Phi) is 6.27. The maximum Gasteiger partial charge on any atom is 0.274 e. The summed E-state index contributed by atoms with van der Waals surface area (Å²) in [6.07, 6.45) is 4.60. The van der Waals surface area contributed by atoms with Gasteiger partial charge in [-0.1, -0.05) is 6.92 Å². The van der Waals surface area contributed by atoms with Gasteiger partial charge in [-0.25, -0.2) is 9.97 Å². The van der Waals surface area contributed by atoms with Crippen molar-refractivity contribution in [2.24, 2.45) is 0 Å². The molecule has 1 unspecified atom stereocenters. The van der Waals surface area contributed by atoms with Crippen molar-refractivity contribution in [1.29, 1.82) is 0 Å². The summed E-state index contributed by atoms with van der Waals surface area (Å²) >= 11 is 0. The third kappa shape index (κ3) is 4.76. The number of nitrogens with one attached hydrogen (secondary N) is 1. The summed E-state index contributed by atoms with van der Waals surface area (Å²) in [6, 6.07) is 9.52. The first-order chi connectivity index (χ1) is 13.1. The van der Waals surface area contributed by atoms with Crippen LogP contribution in [-0.2, 0) is 0 Å². The van der Waals surface area contributed by atoms with Crippen LogP contribution in [0.5, 0.6) is 5.75 Å². The number of hydrogen-bond acceptors (Lipinski definition) is 5. The fraction of sp³-hybridized carbons (Fsp3) is 0.476. The molecule has 3 rings (SSSR count). The SMILES string of the molecule is CCOc1ccc(NC(=O)c2cc(C)nc(N3CCCCC3CC)n2)cc1. The molecule has 1 atom stereocenters. The molecule has 1 N–H and O–H groups in total. The number of aromatic nitrogens is 2. The smallest absolute Gasteiger partial charge is 0.274 e. The summed E-state index contributed by atoms with van der Waals surface area (Å²) < 4.78 is 5.43. The predicted octanol–water partition coefficient (Wildman–Crippen LogP) is 4.20. The number of benzene rings is 1. The van der Waals surface area contributed by atoms with Crippen LogP contribution in [0, 0.1) is 6.92 Å². The average Bonchev–Trinajstić information content (AvgIpc) is 2.69. The highest BCUT2D eigenvalue weighted by molar-refractivity contribution is 6.03. The van der Waals surface area contributed by atoms with Crippen LogP contribution in [0.3, 0.4) is 0 Å². The molecule has 0 radical (unpaired) electrons. The van der Waals surface area contributed by atoms with Gasteiger partial charge in [0.1, 0.15) is 11.4 Å². The Morgan fingerprint density at radius 1 is 1.22 bits per heavy atom. The lowest BCUT2D eigenvalue weighted by molar-refractivity contribution is 0.102. The van der Waals surface area contributed by atoms with Crippen LogP contribution in [0.15, 0.2) is 30.3 Å². The van der Waals surface area contributed by atoms with E-state index in [9.17, 15) is 4.79 Å². The van der Waals surface area contributed by atoms with Crippen LogP contribution in [-0.4, -0.2) is 35.1 Å². The lowest BCUT2D eigenvalue weighted by Gasteiger charge is -2.35. The minimum Gasteiger partial charge on any atom is -0.494 e. The Balaban J connectivity index is 1.77. The van der Waals surface area contributed by atoms with Crippen LogP contribution in [0.1, 0.15) is 55.7 Å². The first kappa shape index (κ1) is 19.1. The molecule has 27 heavy (non-hydrogen) atoms. The first-order valence-corrected chi connectivity index (χ1v) is 9.77. The van der Waals surface area contributed by atoms with E-state index < -0.39 is 0 Å². The van der Waals surface area contributed by atoms with Gasteiger partial charge in [0.15, 0.2) is 0 Å². The second-order valence-electron chi connectivity index (χ2n) is 6.86. The number of piperidine rings is 1. The van der Waals surface area contributed by atoms with Gasteiger partial charge >= 0.3 is 0 Å². The largest absolute Gasteiger partial charge is 0.494 e. The van der Waals surface area contributed by atoms with Gasteiger partial charge in [-0.05, 0) is 69.9 Å². The quantitative estimate of drug-likeness (QED) is 0.827. The molecule has 0 bridgehead atoms. The number of anilines is 2. The van der Waals surface area contributed by atoms with Crippen molar-refractivity contribution < 1.29 is 9.53 Å². The van der Waals surface area contributed by atoms with Crippen molar-refractivity contribution in [3.63, 3.8) is 0 Å². The Morgan fingerprint density at radius 3 is 2.70 bits per heavy atom. The van der Waals surface area contributed by atoms with Gasteiger partial charge in [-0.3, -0.25) is 4.79 Å². The lowest BCUT2D eigenvalue weighted by atomic mass is 10.0. The van der Waals surface area contributed by atoms with Gasteiger partial charge in [-0.2, -0.15) is 0 Å². The number of nitrogens with zero attached hydrogens (tertiary/aromatic N) is 3. The highest BCUT2D eigenvalue weighted by Crippen LogP contribution is 2.24. The van der Waals surface area contributed by atoms with Crippen LogP contribution in [0.4, 0.5) is 11.6 Å². The van der Waals surface area contributed by atoms with Gasteiger partial charge in [0, 0.05) is 24.0 Å². The number of amides is 1. The van der Waals surface area contributed by atoms with Gasteiger partial charge in [0.25, 0.3) is 5.91 Å². The second-order valence-corrected chi connectivity index (χ2v) is 6.86. The van der Waals surface area contributed by atoms with E-state index in [0.29, 0.717) is 30.0 Å². The molecule has 6 heteroatoms. The van der Waals surface area contributed by atoms with Crippen LogP contribution in [0.2, 0.25) is 0 Å². The Bertz CT molecular complexity index is 776. The molecule has 0 aliphatic carbocycles. The number of hydrogen-bond donors (Lipinski definition) is 1. The van der Waals surface area contributed by atoms with E-state index >= 15 is 0 Å². The maximum absolute atomic E-state index is 12.7. The second kappa shape index (κ2) is 8.84. The zero-order chi connectivity index (χ0) is 19.2. The molecule has 1 aliphatic rings. The van der Waals surface area contributed by atoms with Gasteiger partial charge in [0.05, 0.1) is 6.61 Å². The molecule has 1 saturated heterocycles. The van der Waals surface area contributed by atoms with Crippen molar-refractivity contribution in [2.75, 3.05) is 23.4 Å². The van der Waals surface area contributed by atoms with Gasteiger partial charge in [0.2, 0.25) is 5.95 Å². The monoisotopic (exact) mass is 368 g/mol. The normalized spacial score (nSPS) is 16.9. The van der Waals surface area contributed by atoms with Crippen LogP contribution >= 0.6 is 0 Å². The van der Waals surface area contributed by atoms with Crippen LogP contribution < -0.4 is 15.0 Å². The number of ether oxygens (including phenoxy) is 1. The summed E-state index contributed by atoms with van der Waals surface area (Å²) in [5, 5.41) is 2.91. The molecule has 2 heterocycles. The summed E-state index contributed by atoms with van der Waals surface area (Å²) in [7, 11) is 0. The molecule has 144 valence electrons. The Morgan fingerprint density at radius 2 is 2.00 bits per heavy atom. The third-order valence-corrected chi connectivity index (χ3v) is 4.85. The minimum atomic E-state index is -0.226. The molecule has 2 aromatic rings. The molecular formula is C21H28N4O2. The molecule has 6 nitrogen and oxygen atoms in total. The van der Waals surface area contributed by atoms with Crippen molar-refractivity contribution in [2.45, 2.75) is 52.5 Å². The van der Waals surface area contributed by atoms with Crippen molar-refractivity contribution in [1.82, 2.24) is 9.97 Å². The zero-order valence-corrected chi connectivity index (χ0v) is 16.4. The molecule has 1 aliphatic heterocycles. The number of rotatable bonds is 6. The van der Waals surface area contributed by atoms with E-state index in [1.165, 1.54) is 6.42 Å².